The van der Waals surface area contributed by atoms with Crippen LogP contribution in [0.25, 0.3) is 0 Å². The number of ketones is 1. The van der Waals surface area contributed by atoms with Crippen molar-refractivity contribution in [2.45, 2.75) is 89.8 Å². The van der Waals surface area contributed by atoms with Crippen LogP contribution in [0.15, 0.2) is 12.2 Å². The van der Waals surface area contributed by atoms with Gasteiger partial charge < -0.3 is 15.3 Å². The number of aliphatic hydroxyl groups excluding tert-OH is 2. The molecule has 1 aliphatic rings. The lowest BCUT2D eigenvalue weighted by Crippen LogP contribution is -2.32. The Kier molecular flexibility index (Phi) is 10.7. The number of carboxylic acids is 1. The number of hydrogen-bond acceptors (Lipinski definition) is 4. The predicted octanol–water partition coefficient (Wildman–Crippen LogP) is 3.48. The lowest BCUT2D eigenvalue weighted by atomic mass is 9.84. The second-order valence-electron chi connectivity index (χ2n) is 7.18. The Hall–Kier alpha value is -1.20. The molecular weight excluding hydrogens is 320 g/mol. The number of unbranched alkanes of at least 4 members (excludes halogenated alkanes) is 5. The van der Waals surface area contributed by atoms with Crippen LogP contribution in [-0.4, -0.2) is 39.3 Å². The molecule has 1 aliphatic carbocycles. The van der Waals surface area contributed by atoms with Crippen molar-refractivity contribution in [1.29, 1.82) is 0 Å². The quantitative estimate of drug-likeness (QED) is 0.348. The number of aliphatic hydroxyl groups is 2. The summed E-state index contributed by atoms with van der Waals surface area (Å²) < 4.78 is 0. The number of aliphatic carboxylic acids is 1. The fourth-order valence-electron chi connectivity index (χ4n) is 3.67. The summed E-state index contributed by atoms with van der Waals surface area (Å²) in [6.07, 6.45) is 10.6. The van der Waals surface area contributed by atoms with E-state index in [2.05, 4.69) is 6.92 Å². The van der Waals surface area contributed by atoms with E-state index in [-0.39, 0.29) is 30.5 Å². The molecule has 0 aliphatic heterocycles. The van der Waals surface area contributed by atoms with E-state index in [9.17, 15) is 19.8 Å². The van der Waals surface area contributed by atoms with Gasteiger partial charge in [0.15, 0.2) is 0 Å². The molecule has 5 nitrogen and oxygen atoms in total. The molecule has 4 atom stereocenters. The van der Waals surface area contributed by atoms with Crippen molar-refractivity contribution in [2.75, 3.05) is 0 Å². The first-order valence-electron chi connectivity index (χ1n) is 9.73. The lowest BCUT2D eigenvalue weighted by molar-refractivity contribution is -0.137. The van der Waals surface area contributed by atoms with Crippen LogP contribution in [0.3, 0.4) is 0 Å². The molecule has 0 saturated heterocycles. The standard InChI is InChI=1S/C20H34O5/c1-2-3-4-5-9-12-16(21)20-15(17(22)14-18(20)23)11-8-6-7-10-13-19(24)25/h6,8,15-16,18,20-21,23H,2-5,7,9-14H2,1H3,(H,24,25)/t15-,16?,18?,20-/m1/s1. The third-order valence-corrected chi connectivity index (χ3v) is 5.10. The molecule has 0 amide bonds. The van der Waals surface area contributed by atoms with E-state index in [0.29, 0.717) is 25.7 Å². The fraction of sp³-hybridized carbons (Fsp3) is 0.800. The number of carbonyl (C=O) groups is 2. The monoisotopic (exact) mass is 354 g/mol. The van der Waals surface area contributed by atoms with Crippen molar-refractivity contribution in [2.24, 2.45) is 11.8 Å². The van der Waals surface area contributed by atoms with Crippen LogP contribution in [-0.2, 0) is 9.59 Å². The van der Waals surface area contributed by atoms with Gasteiger partial charge in [-0.3, -0.25) is 9.59 Å². The Balaban J connectivity index is 2.42. The third-order valence-electron chi connectivity index (χ3n) is 5.10. The third kappa shape index (κ3) is 8.15. The van der Waals surface area contributed by atoms with Gasteiger partial charge in [-0.1, -0.05) is 51.2 Å². The molecule has 144 valence electrons. The summed E-state index contributed by atoms with van der Waals surface area (Å²) in [4.78, 5) is 22.6. The van der Waals surface area contributed by atoms with E-state index in [1.165, 1.54) is 12.8 Å². The molecule has 0 aromatic rings. The molecule has 0 heterocycles. The van der Waals surface area contributed by atoms with Crippen molar-refractivity contribution in [3.63, 3.8) is 0 Å². The van der Waals surface area contributed by atoms with Gasteiger partial charge in [-0.15, -0.1) is 0 Å². The van der Waals surface area contributed by atoms with Crippen LogP contribution < -0.4 is 0 Å². The maximum atomic E-state index is 12.1. The lowest BCUT2D eigenvalue weighted by Gasteiger charge is -2.25. The minimum Gasteiger partial charge on any atom is -0.481 e. The van der Waals surface area contributed by atoms with Gasteiger partial charge in [0, 0.05) is 24.7 Å². The smallest absolute Gasteiger partial charge is 0.303 e. The van der Waals surface area contributed by atoms with E-state index in [4.69, 9.17) is 5.11 Å². The summed E-state index contributed by atoms with van der Waals surface area (Å²) in [5, 5.41) is 29.2. The average Bonchev–Trinajstić information content (AvgIpc) is 2.83. The molecule has 0 radical (unpaired) electrons. The zero-order chi connectivity index (χ0) is 18.7. The number of hydrogen-bond donors (Lipinski definition) is 3. The SMILES string of the molecule is CCCCCCCC(O)[C@@H]1C(O)CC(=O)[C@H]1CC=CCCCC(=O)O. The molecule has 5 heteroatoms. The molecule has 25 heavy (non-hydrogen) atoms. The Labute approximate surface area is 151 Å². The highest BCUT2D eigenvalue weighted by Gasteiger charge is 2.44. The molecule has 0 bridgehead atoms. The van der Waals surface area contributed by atoms with E-state index in [1.807, 2.05) is 12.2 Å². The van der Waals surface area contributed by atoms with Gasteiger partial charge >= 0.3 is 5.97 Å². The Bertz CT molecular complexity index is 432. The van der Waals surface area contributed by atoms with E-state index < -0.39 is 18.2 Å². The topological polar surface area (TPSA) is 94.8 Å². The number of Topliss-reactive ketones (excluding diaryl/α,β-unsaturated/α-hetero) is 1. The molecule has 1 saturated carbocycles. The van der Waals surface area contributed by atoms with Gasteiger partial charge in [-0.05, 0) is 25.7 Å². The Morgan fingerprint density at radius 3 is 2.60 bits per heavy atom. The highest BCUT2D eigenvalue weighted by molar-refractivity contribution is 5.84. The van der Waals surface area contributed by atoms with Crippen molar-refractivity contribution in [1.82, 2.24) is 0 Å². The van der Waals surface area contributed by atoms with Crippen LogP contribution >= 0.6 is 0 Å². The first-order chi connectivity index (χ1) is 12.0. The molecular formula is C20H34O5. The largest absolute Gasteiger partial charge is 0.481 e. The minimum absolute atomic E-state index is 0.0257. The zero-order valence-corrected chi connectivity index (χ0v) is 15.4. The van der Waals surface area contributed by atoms with Gasteiger partial charge in [-0.2, -0.15) is 0 Å². The van der Waals surface area contributed by atoms with Gasteiger partial charge in [-0.25, -0.2) is 0 Å². The zero-order valence-electron chi connectivity index (χ0n) is 15.4. The highest BCUT2D eigenvalue weighted by atomic mass is 16.4. The van der Waals surface area contributed by atoms with Crippen molar-refractivity contribution >= 4 is 11.8 Å². The van der Waals surface area contributed by atoms with Crippen LogP contribution in [0.4, 0.5) is 0 Å². The van der Waals surface area contributed by atoms with Crippen molar-refractivity contribution < 1.29 is 24.9 Å². The van der Waals surface area contributed by atoms with E-state index in [0.717, 1.165) is 19.3 Å². The van der Waals surface area contributed by atoms with Gasteiger partial charge in [0.1, 0.15) is 5.78 Å². The van der Waals surface area contributed by atoms with Gasteiger partial charge in [0.25, 0.3) is 0 Å². The van der Waals surface area contributed by atoms with Crippen LogP contribution in [0.1, 0.15) is 77.6 Å². The second kappa shape index (κ2) is 12.2. The van der Waals surface area contributed by atoms with E-state index >= 15 is 0 Å². The number of carbonyl (C=O) groups excluding carboxylic acids is 1. The number of allylic oxidation sites excluding steroid dienone is 2. The number of carboxylic acid groups (broad SMARTS) is 1. The molecule has 0 aromatic heterocycles. The molecule has 1 fully saturated rings. The first kappa shape index (κ1) is 21.8. The Morgan fingerprint density at radius 1 is 1.20 bits per heavy atom. The normalized spacial score (nSPS) is 24.9. The van der Waals surface area contributed by atoms with Gasteiger partial charge in [0.2, 0.25) is 0 Å². The maximum absolute atomic E-state index is 12.1. The Morgan fingerprint density at radius 2 is 1.92 bits per heavy atom. The van der Waals surface area contributed by atoms with Crippen molar-refractivity contribution in [3.8, 4) is 0 Å². The summed E-state index contributed by atoms with van der Waals surface area (Å²) in [6.45, 7) is 2.16. The first-order valence-corrected chi connectivity index (χ1v) is 9.73. The average molecular weight is 354 g/mol. The predicted molar refractivity (Wildman–Crippen MR) is 97.2 cm³/mol. The summed E-state index contributed by atoms with van der Waals surface area (Å²) in [5.74, 6) is -1.47. The summed E-state index contributed by atoms with van der Waals surface area (Å²) in [5.41, 5.74) is 0. The fourth-order valence-corrected chi connectivity index (χ4v) is 3.67. The molecule has 0 aromatic carbocycles. The molecule has 3 N–H and O–H groups in total. The minimum atomic E-state index is -0.801. The summed E-state index contributed by atoms with van der Waals surface area (Å²) in [6, 6.07) is 0. The highest BCUT2D eigenvalue weighted by Crippen LogP contribution is 2.36. The summed E-state index contributed by atoms with van der Waals surface area (Å²) in [7, 11) is 0. The molecule has 0 spiro atoms. The molecule has 1 rings (SSSR count). The summed E-state index contributed by atoms with van der Waals surface area (Å²) >= 11 is 0. The number of rotatable bonds is 13. The molecule has 2 unspecified atom stereocenters. The maximum Gasteiger partial charge on any atom is 0.303 e. The van der Waals surface area contributed by atoms with Crippen LogP contribution in [0.2, 0.25) is 0 Å². The van der Waals surface area contributed by atoms with Gasteiger partial charge in [0.05, 0.1) is 12.2 Å². The second-order valence-corrected chi connectivity index (χ2v) is 7.18. The van der Waals surface area contributed by atoms with E-state index in [1.54, 1.807) is 0 Å². The van der Waals surface area contributed by atoms with Crippen LogP contribution in [0.5, 0.6) is 0 Å². The van der Waals surface area contributed by atoms with Crippen molar-refractivity contribution in [3.05, 3.63) is 12.2 Å². The van der Waals surface area contributed by atoms with Crippen LogP contribution in [0, 0.1) is 11.8 Å².